The Hall–Kier alpha value is -1.94. The van der Waals surface area contributed by atoms with Gasteiger partial charge in [-0.3, -0.25) is 37.3 Å². The summed E-state index contributed by atoms with van der Waals surface area (Å²) in [5.41, 5.74) is 0. The van der Waals surface area contributed by atoms with E-state index in [1.165, 1.54) is 218 Å². The highest BCUT2D eigenvalue weighted by Gasteiger charge is 2.30. The van der Waals surface area contributed by atoms with Crippen LogP contribution in [0.4, 0.5) is 0 Å². The maximum absolute atomic E-state index is 13.1. The predicted octanol–water partition coefficient (Wildman–Crippen LogP) is 22.1. The second kappa shape index (κ2) is 68.2. The van der Waals surface area contributed by atoms with Crippen LogP contribution in [0, 0.1) is 5.92 Å². The topological polar surface area (TPSA) is 237 Å². The average Bonchev–Trinajstić information content (AvgIpc) is 2.58. The van der Waals surface area contributed by atoms with Crippen molar-refractivity contribution in [2.75, 3.05) is 39.6 Å². The van der Waals surface area contributed by atoms with Gasteiger partial charge in [-0.05, 0) is 31.6 Å². The van der Waals surface area contributed by atoms with Crippen LogP contribution in [-0.2, 0) is 65.4 Å². The molecule has 0 radical (unpaired) electrons. The first kappa shape index (κ1) is 92.1. The molecule has 0 aliphatic rings. The zero-order valence-electron chi connectivity index (χ0n) is 61.1. The van der Waals surface area contributed by atoms with Gasteiger partial charge in [0.05, 0.1) is 26.4 Å². The number of phosphoric acid groups is 2. The molecule has 19 heteroatoms. The summed E-state index contributed by atoms with van der Waals surface area (Å²) < 4.78 is 68.5. The molecule has 558 valence electrons. The van der Waals surface area contributed by atoms with Crippen LogP contribution in [-0.4, -0.2) is 96.7 Å². The summed E-state index contributed by atoms with van der Waals surface area (Å²) in [6.45, 7) is 7.31. The van der Waals surface area contributed by atoms with Gasteiger partial charge in [-0.1, -0.05) is 343 Å². The second-order valence-electron chi connectivity index (χ2n) is 27.5. The number of aliphatic hydroxyl groups is 1. The molecular weight excluding hydrogens is 1230 g/mol. The van der Waals surface area contributed by atoms with E-state index in [0.717, 1.165) is 95.8 Å². The largest absolute Gasteiger partial charge is 0.472 e. The Morgan fingerprint density at radius 3 is 0.723 bits per heavy atom. The number of hydrogen-bond acceptors (Lipinski definition) is 15. The molecule has 0 aromatic carbocycles. The van der Waals surface area contributed by atoms with Crippen molar-refractivity contribution >= 4 is 39.5 Å². The number of carbonyl (C=O) groups excluding carboxylic acids is 4. The Balaban J connectivity index is 5.22. The number of phosphoric ester groups is 2. The average molecular weight is 1380 g/mol. The van der Waals surface area contributed by atoms with Crippen LogP contribution in [0.3, 0.4) is 0 Å². The number of unbranched alkanes of at least 4 members (excludes halogenated alkanes) is 47. The maximum Gasteiger partial charge on any atom is 0.472 e. The maximum atomic E-state index is 13.1. The minimum absolute atomic E-state index is 0.108. The van der Waals surface area contributed by atoms with E-state index in [2.05, 4.69) is 34.6 Å². The summed E-state index contributed by atoms with van der Waals surface area (Å²) in [5.74, 6) is -1.30. The highest BCUT2D eigenvalue weighted by atomic mass is 31.2. The van der Waals surface area contributed by atoms with Crippen molar-refractivity contribution in [1.29, 1.82) is 0 Å². The molecule has 0 rings (SSSR count). The summed E-state index contributed by atoms with van der Waals surface area (Å²) in [4.78, 5) is 72.7. The van der Waals surface area contributed by atoms with Crippen LogP contribution in [0.1, 0.15) is 394 Å². The van der Waals surface area contributed by atoms with E-state index in [0.29, 0.717) is 25.7 Å². The summed E-state index contributed by atoms with van der Waals surface area (Å²) in [7, 11) is -9.91. The molecule has 0 saturated heterocycles. The summed E-state index contributed by atoms with van der Waals surface area (Å²) in [6.07, 6.45) is 56.7. The van der Waals surface area contributed by atoms with Crippen LogP contribution >= 0.6 is 15.6 Å². The van der Waals surface area contributed by atoms with Crippen LogP contribution in [0.2, 0.25) is 0 Å². The lowest BCUT2D eigenvalue weighted by molar-refractivity contribution is -0.161. The molecule has 0 fully saturated rings. The highest BCUT2D eigenvalue weighted by Crippen LogP contribution is 2.45. The first-order valence-corrected chi connectivity index (χ1v) is 42.1. The number of esters is 4. The predicted molar refractivity (Wildman–Crippen MR) is 382 cm³/mol. The summed E-state index contributed by atoms with van der Waals surface area (Å²) in [6, 6.07) is 0. The van der Waals surface area contributed by atoms with Gasteiger partial charge < -0.3 is 33.8 Å². The fraction of sp³-hybridized carbons (Fsp3) is 0.947. The Kier molecular flexibility index (Phi) is 66.8. The van der Waals surface area contributed by atoms with E-state index in [4.69, 9.17) is 37.0 Å². The molecule has 0 spiro atoms. The summed E-state index contributed by atoms with van der Waals surface area (Å²) >= 11 is 0. The zero-order chi connectivity index (χ0) is 69.1. The molecule has 0 aromatic rings. The van der Waals surface area contributed by atoms with Gasteiger partial charge in [-0.25, -0.2) is 9.13 Å². The molecule has 0 heterocycles. The van der Waals surface area contributed by atoms with Gasteiger partial charge in [0, 0.05) is 25.7 Å². The molecule has 0 aromatic heterocycles. The monoisotopic (exact) mass is 1380 g/mol. The molecule has 0 aliphatic carbocycles. The standard InChI is InChI=1S/C75H146O17P2/c1-6-9-12-15-18-21-24-30-35-39-44-49-54-59-73(78)86-65-71(92-75(80)61-56-51-46-41-36-32-29-27-26-28-31-33-37-42-47-52-57-68(4)5)67-90-94(83,84)88-63-69(76)62-87-93(81,82)89-66-70(64-85-72(77)58-53-48-43-38-23-20-17-14-11-8-3)91-74(79)60-55-50-45-40-34-25-22-19-16-13-10-7-2/h68-71,76H,6-67H2,1-5H3,(H,81,82)(H,83,84)/t69-,70+,71+/m0/s1. The van der Waals surface area contributed by atoms with Crippen molar-refractivity contribution in [2.24, 2.45) is 5.92 Å². The minimum atomic E-state index is -4.95. The fourth-order valence-electron chi connectivity index (χ4n) is 11.5. The molecule has 94 heavy (non-hydrogen) atoms. The zero-order valence-corrected chi connectivity index (χ0v) is 62.9. The Morgan fingerprint density at radius 2 is 0.489 bits per heavy atom. The third kappa shape index (κ3) is 68.6. The Morgan fingerprint density at radius 1 is 0.287 bits per heavy atom. The van der Waals surface area contributed by atoms with Crippen LogP contribution in [0.15, 0.2) is 0 Å². The van der Waals surface area contributed by atoms with Crippen molar-refractivity contribution in [3.05, 3.63) is 0 Å². The first-order valence-electron chi connectivity index (χ1n) is 39.1. The SMILES string of the molecule is CCCCCCCCCCCCCCCC(=O)OC[C@H](COP(=O)(O)OC[C@@H](O)COP(=O)(O)OC[C@@H](COC(=O)CCCCCCCCCCCC)OC(=O)CCCCCCCCCCCCCC)OC(=O)CCCCCCCCCCCCCCCCCCC(C)C. The number of rotatable bonds is 75. The fourth-order valence-corrected chi connectivity index (χ4v) is 13.1. The van der Waals surface area contributed by atoms with Gasteiger partial charge >= 0.3 is 39.5 Å². The van der Waals surface area contributed by atoms with E-state index in [1.54, 1.807) is 0 Å². The van der Waals surface area contributed by atoms with Gasteiger partial charge in [0.15, 0.2) is 12.2 Å². The van der Waals surface area contributed by atoms with Crippen molar-refractivity contribution < 1.29 is 80.2 Å². The van der Waals surface area contributed by atoms with E-state index < -0.39 is 97.5 Å². The van der Waals surface area contributed by atoms with Gasteiger partial charge in [0.1, 0.15) is 19.3 Å². The van der Waals surface area contributed by atoms with Gasteiger partial charge in [-0.15, -0.1) is 0 Å². The first-order chi connectivity index (χ1) is 45.5. The number of ether oxygens (including phenoxy) is 4. The molecule has 0 saturated carbocycles. The Bertz CT molecular complexity index is 1810. The molecular formula is C75H146O17P2. The molecule has 5 atom stereocenters. The molecule has 0 aliphatic heterocycles. The van der Waals surface area contributed by atoms with E-state index in [9.17, 15) is 43.2 Å². The third-order valence-electron chi connectivity index (χ3n) is 17.5. The number of hydrogen-bond donors (Lipinski definition) is 3. The number of aliphatic hydroxyl groups excluding tert-OH is 1. The molecule has 17 nitrogen and oxygen atoms in total. The minimum Gasteiger partial charge on any atom is -0.462 e. The van der Waals surface area contributed by atoms with Crippen LogP contribution in [0.5, 0.6) is 0 Å². The lowest BCUT2D eigenvalue weighted by Crippen LogP contribution is -2.30. The highest BCUT2D eigenvalue weighted by molar-refractivity contribution is 7.47. The normalized spacial score (nSPS) is 14.0. The second-order valence-corrected chi connectivity index (χ2v) is 30.4. The van der Waals surface area contributed by atoms with Crippen LogP contribution in [0.25, 0.3) is 0 Å². The van der Waals surface area contributed by atoms with Crippen molar-refractivity contribution in [3.63, 3.8) is 0 Å². The molecule has 0 amide bonds. The third-order valence-corrected chi connectivity index (χ3v) is 19.4. The van der Waals surface area contributed by atoms with Gasteiger partial charge in [0.2, 0.25) is 0 Å². The van der Waals surface area contributed by atoms with Gasteiger partial charge in [0.25, 0.3) is 0 Å². The quantitative estimate of drug-likeness (QED) is 0.0222. The molecule has 3 N–H and O–H groups in total. The van der Waals surface area contributed by atoms with Gasteiger partial charge in [-0.2, -0.15) is 0 Å². The van der Waals surface area contributed by atoms with Crippen molar-refractivity contribution in [1.82, 2.24) is 0 Å². The van der Waals surface area contributed by atoms with Crippen molar-refractivity contribution in [2.45, 2.75) is 412 Å². The lowest BCUT2D eigenvalue weighted by Gasteiger charge is -2.21. The smallest absolute Gasteiger partial charge is 0.462 e. The summed E-state index contributed by atoms with van der Waals surface area (Å²) in [5, 5.41) is 10.6. The molecule has 2 unspecified atom stereocenters. The Labute approximate surface area is 575 Å². The van der Waals surface area contributed by atoms with Crippen LogP contribution < -0.4 is 0 Å². The van der Waals surface area contributed by atoms with E-state index in [-0.39, 0.29) is 25.7 Å². The lowest BCUT2D eigenvalue weighted by atomic mass is 10.0. The van der Waals surface area contributed by atoms with E-state index >= 15 is 0 Å². The number of carbonyl (C=O) groups is 4. The molecule has 0 bridgehead atoms. The van der Waals surface area contributed by atoms with Crippen molar-refractivity contribution in [3.8, 4) is 0 Å². The van der Waals surface area contributed by atoms with E-state index in [1.807, 2.05) is 0 Å².